The zero-order valence-corrected chi connectivity index (χ0v) is 8.23. The van der Waals surface area contributed by atoms with Crippen molar-refractivity contribution < 1.29 is 9.84 Å². The lowest BCUT2D eigenvalue weighted by atomic mass is 10.1. The van der Waals surface area contributed by atoms with Crippen molar-refractivity contribution in [3.8, 4) is 12.3 Å². The Morgan fingerprint density at radius 3 is 2.57 bits per heavy atom. The highest BCUT2D eigenvalue weighted by molar-refractivity contribution is 5.34. The average molecular weight is 190 g/mol. The molecule has 1 N–H and O–H groups in total. The van der Waals surface area contributed by atoms with Gasteiger partial charge in [0.25, 0.3) is 0 Å². The highest BCUT2D eigenvalue weighted by atomic mass is 16.5. The maximum absolute atomic E-state index is 9.64. The first kappa shape index (κ1) is 10.8. The second kappa shape index (κ2) is 5.43. The Morgan fingerprint density at radius 1 is 1.43 bits per heavy atom. The van der Waals surface area contributed by atoms with Gasteiger partial charge in [-0.05, 0) is 24.6 Å². The second-order valence-electron chi connectivity index (χ2n) is 2.94. The van der Waals surface area contributed by atoms with Crippen molar-refractivity contribution >= 4 is 0 Å². The van der Waals surface area contributed by atoms with Crippen LogP contribution >= 0.6 is 0 Å². The normalized spacial score (nSPS) is 12.1. The first-order chi connectivity index (χ1) is 6.77. The topological polar surface area (TPSA) is 29.5 Å². The summed E-state index contributed by atoms with van der Waals surface area (Å²) >= 11 is 0. The number of terminal acetylenes is 1. The lowest BCUT2D eigenvalue weighted by Gasteiger charge is -2.10. The van der Waals surface area contributed by atoms with Crippen molar-refractivity contribution in [2.24, 2.45) is 0 Å². The maximum Gasteiger partial charge on any atom is 0.102 e. The summed E-state index contributed by atoms with van der Waals surface area (Å²) in [5, 5.41) is 9.64. The molecule has 14 heavy (non-hydrogen) atoms. The van der Waals surface area contributed by atoms with Crippen molar-refractivity contribution in [1.82, 2.24) is 0 Å². The zero-order chi connectivity index (χ0) is 10.4. The second-order valence-corrected chi connectivity index (χ2v) is 2.94. The van der Waals surface area contributed by atoms with E-state index in [9.17, 15) is 5.11 Å². The molecule has 0 aliphatic carbocycles. The fourth-order valence-electron chi connectivity index (χ4n) is 1.13. The van der Waals surface area contributed by atoms with Crippen LogP contribution in [0.3, 0.4) is 0 Å². The van der Waals surface area contributed by atoms with Crippen LogP contribution in [0.4, 0.5) is 0 Å². The van der Waals surface area contributed by atoms with E-state index in [2.05, 4.69) is 5.92 Å². The van der Waals surface area contributed by atoms with Crippen LogP contribution < -0.4 is 0 Å². The molecule has 74 valence electrons. The number of rotatable bonds is 4. The minimum atomic E-state index is -0.568. The van der Waals surface area contributed by atoms with E-state index >= 15 is 0 Å². The van der Waals surface area contributed by atoms with Gasteiger partial charge in [0, 0.05) is 12.2 Å². The van der Waals surface area contributed by atoms with Crippen LogP contribution in [0.5, 0.6) is 0 Å². The van der Waals surface area contributed by atoms with Crippen LogP contribution in [0.2, 0.25) is 0 Å². The minimum Gasteiger partial charge on any atom is -0.386 e. The van der Waals surface area contributed by atoms with Gasteiger partial charge in [-0.3, -0.25) is 0 Å². The Bertz CT molecular complexity index is 308. The summed E-state index contributed by atoms with van der Waals surface area (Å²) in [5.74, 6) is 2.52. The predicted octanol–water partition coefficient (Wildman–Crippen LogP) is 1.74. The van der Waals surface area contributed by atoms with Gasteiger partial charge in [-0.15, -0.1) is 6.42 Å². The van der Waals surface area contributed by atoms with Crippen molar-refractivity contribution in [3.05, 3.63) is 35.4 Å². The van der Waals surface area contributed by atoms with E-state index in [1.165, 1.54) is 0 Å². The Morgan fingerprint density at radius 2 is 2.07 bits per heavy atom. The molecule has 1 atom stereocenters. The molecule has 0 aromatic heterocycles. The molecule has 1 rings (SSSR count). The summed E-state index contributed by atoms with van der Waals surface area (Å²) in [6, 6.07) is 7.26. The number of ether oxygens (including phenoxy) is 1. The Kier molecular flexibility index (Phi) is 4.18. The molecule has 1 aromatic carbocycles. The fourth-order valence-corrected chi connectivity index (χ4v) is 1.13. The molecule has 0 aliphatic heterocycles. The largest absolute Gasteiger partial charge is 0.386 e. The van der Waals surface area contributed by atoms with Gasteiger partial charge >= 0.3 is 0 Å². The third kappa shape index (κ3) is 2.88. The molecule has 0 fully saturated rings. The highest BCUT2D eigenvalue weighted by Gasteiger charge is 2.06. The standard InChI is InChI=1S/C12H14O2/c1-3-10-5-7-11(8-6-10)12(13)9-14-4-2/h1,5-8,12-13H,4,9H2,2H3/t12-/m1/s1. The molecule has 0 saturated carbocycles. The quantitative estimate of drug-likeness (QED) is 0.733. The van der Waals surface area contributed by atoms with Crippen LogP contribution in [0, 0.1) is 12.3 Å². The molecule has 0 spiro atoms. The lowest BCUT2D eigenvalue weighted by molar-refractivity contribution is 0.0420. The predicted molar refractivity (Wildman–Crippen MR) is 55.8 cm³/mol. The summed E-state index contributed by atoms with van der Waals surface area (Å²) in [6.07, 6.45) is 4.65. The molecule has 2 heteroatoms. The van der Waals surface area contributed by atoms with E-state index in [1.807, 2.05) is 31.2 Å². The first-order valence-corrected chi connectivity index (χ1v) is 4.60. The summed E-state index contributed by atoms with van der Waals surface area (Å²) in [5.41, 5.74) is 1.65. The summed E-state index contributed by atoms with van der Waals surface area (Å²) < 4.78 is 5.12. The van der Waals surface area contributed by atoms with Crippen molar-refractivity contribution in [2.75, 3.05) is 13.2 Å². The number of aliphatic hydroxyl groups is 1. The van der Waals surface area contributed by atoms with Gasteiger partial charge in [0.2, 0.25) is 0 Å². The molecule has 0 bridgehead atoms. The van der Waals surface area contributed by atoms with Crippen molar-refractivity contribution in [2.45, 2.75) is 13.0 Å². The monoisotopic (exact) mass is 190 g/mol. The SMILES string of the molecule is C#Cc1ccc([C@H](O)COCC)cc1. The number of hydrogen-bond acceptors (Lipinski definition) is 2. The minimum absolute atomic E-state index is 0.325. The number of benzene rings is 1. The Balaban J connectivity index is 2.63. The van der Waals surface area contributed by atoms with Crippen LogP contribution in [0.1, 0.15) is 24.2 Å². The molecule has 0 heterocycles. The fraction of sp³-hybridized carbons (Fsp3) is 0.333. The van der Waals surface area contributed by atoms with Crippen LogP contribution in [-0.2, 0) is 4.74 Å². The van der Waals surface area contributed by atoms with Gasteiger partial charge in [-0.25, -0.2) is 0 Å². The lowest BCUT2D eigenvalue weighted by Crippen LogP contribution is -2.06. The Labute approximate surface area is 84.5 Å². The van der Waals surface area contributed by atoms with Gasteiger partial charge < -0.3 is 9.84 Å². The van der Waals surface area contributed by atoms with Crippen molar-refractivity contribution in [3.63, 3.8) is 0 Å². The van der Waals surface area contributed by atoms with Crippen LogP contribution in [0.25, 0.3) is 0 Å². The number of aliphatic hydroxyl groups excluding tert-OH is 1. The summed E-state index contributed by atoms with van der Waals surface area (Å²) in [7, 11) is 0. The summed E-state index contributed by atoms with van der Waals surface area (Å²) in [6.45, 7) is 2.83. The van der Waals surface area contributed by atoms with Crippen LogP contribution in [-0.4, -0.2) is 18.3 Å². The van der Waals surface area contributed by atoms with E-state index in [4.69, 9.17) is 11.2 Å². The molecule has 2 nitrogen and oxygen atoms in total. The maximum atomic E-state index is 9.64. The molecular weight excluding hydrogens is 176 g/mol. The molecule has 0 amide bonds. The molecule has 0 unspecified atom stereocenters. The van der Waals surface area contributed by atoms with Crippen LogP contribution in [0.15, 0.2) is 24.3 Å². The smallest absolute Gasteiger partial charge is 0.102 e. The van der Waals surface area contributed by atoms with E-state index in [1.54, 1.807) is 0 Å². The zero-order valence-electron chi connectivity index (χ0n) is 8.23. The average Bonchev–Trinajstić information content (AvgIpc) is 2.26. The van der Waals surface area contributed by atoms with E-state index in [0.29, 0.717) is 13.2 Å². The highest BCUT2D eigenvalue weighted by Crippen LogP contribution is 2.13. The van der Waals surface area contributed by atoms with E-state index in [-0.39, 0.29) is 0 Å². The van der Waals surface area contributed by atoms with Gasteiger partial charge in [0.15, 0.2) is 0 Å². The van der Waals surface area contributed by atoms with Gasteiger partial charge in [0.1, 0.15) is 6.10 Å². The third-order valence-electron chi connectivity index (χ3n) is 1.94. The third-order valence-corrected chi connectivity index (χ3v) is 1.94. The van der Waals surface area contributed by atoms with Crippen molar-refractivity contribution in [1.29, 1.82) is 0 Å². The molecule has 1 aromatic rings. The Hall–Kier alpha value is -1.30. The number of hydrogen-bond donors (Lipinski definition) is 1. The van der Waals surface area contributed by atoms with Gasteiger partial charge in [0.05, 0.1) is 6.61 Å². The molecule has 0 radical (unpaired) electrons. The van der Waals surface area contributed by atoms with Gasteiger partial charge in [-0.2, -0.15) is 0 Å². The molecular formula is C12H14O2. The van der Waals surface area contributed by atoms with Gasteiger partial charge in [-0.1, -0.05) is 18.1 Å². The summed E-state index contributed by atoms with van der Waals surface area (Å²) in [4.78, 5) is 0. The van der Waals surface area contributed by atoms with E-state index < -0.39 is 6.10 Å². The molecule has 0 aliphatic rings. The first-order valence-electron chi connectivity index (χ1n) is 4.60. The van der Waals surface area contributed by atoms with E-state index in [0.717, 1.165) is 11.1 Å². The molecule has 0 saturated heterocycles.